The Balaban J connectivity index is 2.05. The number of aromatic amines is 1. The second-order valence-electron chi connectivity index (χ2n) is 4.09. The van der Waals surface area contributed by atoms with Crippen molar-refractivity contribution in [1.82, 2.24) is 10.3 Å². The fourth-order valence-corrected chi connectivity index (χ4v) is 1.92. The van der Waals surface area contributed by atoms with Gasteiger partial charge in [0.2, 0.25) is 0 Å². The molecule has 0 radical (unpaired) electrons. The van der Waals surface area contributed by atoms with Crippen molar-refractivity contribution in [2.75, 3.05) is 5.73 Å². The van der Waals surface area contributed by atoms with Gasteiger partial charge in [0.25, 0.3) is 5.91 Å². The van der Waals surface area contributed by atoms with E-state index in [-0.39, 0.29) is 11.9 Å². The molecule has 1 unspecified atom stereocenters. The van der Waals surface area contributed by atoms with E-state index >= 15 is 0 Å². The van der Waals surface area contributed by atoms with Gasteiger partial charge in [0.05, 0.1) is 6.04 Å². The van der Waals surface area contributed by atoms with Crippen molar-refractivity contribution in [3.8, 4) is 0 Å². The summed E-state index contributed by atoms with van der Waals surface area (Å²) in [5, 5.41) is 2.90. The van der Waals surface area contributed by atoms with Crippen LogP contribution in [0.5, 0.6) is 0 Å². The number of nitrogens with two attached hydrogens (primary N) is 1. The normalized spacial score (nSPS) is 12.1. The van der Waals surface area contributed by atoms with Crippen LogP contribution in [0.4, 0.5) is 5.69 Å². The number of nitrogens with one attached hydrogen (secondary N) is 2. The highest BCUT2D eigenvalue weighted by Gasteiger charge is 2.12. The van der Waals surface area contributed by atoms with Crippen LogP contribution >= 0.6 is 15.9 Å². The number of hydrogen-bond acceptors (Lipinski definition) is 2. The van der Waals surface area contributed by atoms with Crippen molar-refractivity contribution in [2.45, 2.75) is 13.0 Å². The molecule has 1 heterocycles. The molecule has 94 valence electrons. The molecule has 1 aromatic heterocycles. The number of hydrogen-bond donors (Lipinski definition) is 3. The lowest BCUT2D eigenvalue weighted by Gasteiger charge is -2.13. The average Bonchev–Trinajstić information content (AvgIpc) is 2.76. The third-order valence-electron chi connectivity index (χ3n) is 2.67. The van der Waals surface area contributed by atoms with Gasteiger partial charge >= 0.3 is 0 Å². The fourth-order valence-electron chi connectivity index (χ4n) is 1.65. The van der Waals surface area contributed by atoms with Crippen LogP contribution in [0.15, 0.2) is 41.0 Å². The van der Waals surface area contributed by atoms with E-state index < -0.39 is 0 Å². The lowest BCUT2D eigenvalue weighted by Crippen LogP contribution is -2.26. The monoisotopic (exact) mass is 307 g/mol. The summed E-state index contributed by atoms with van der Waals surface area (Å²) >= 11 is 3.38. The zero-order valence-corrected chi connectivity index (χ0v) is 11.5. The van der Waals surface area contributed by atoms with Crippen molar-refractivity contribution in [3.63, 3.8) is 0 Å². The van der Waals surface area contributed by atoms with Crippen molar-refractivity contribution in [1.29, 1.82) is 0 Å². The van der Waals surface area contributed by atoms with Crippen LogP contribution in [0.3, 0.4) is 0 Å². The van der Waals surface area contributed by atoms with Crippen molar-refractivity contribution in [3.05, 3.63) is 52.3 Å². The number of carbonyl (C=O) groups is 1. The molecule has 0 spiro atoms. The zero-order valence-electron chi connectivity index (χ0n) is 9.91. The Labute approximate surface area is 114 Å². The van der Waals surface area contributed by atoms with E-state index in [9.17, 15) is 4.79 Å². The molecule has 4 nitrogen and oxygen atoms in total. The molecule has 1 amide bonds. The standard InChI is InChI=1S/C13H14BrN3O/c1-8(9-2-4-10(14)5-3-9)17-13(18)12-6-11(15)7-16-12/h2-8,16H,15H2,1H3,(H,17,18). The molecule has 0 aliphatic rings. The Bertz CT molecular complexity index is 548. The van der Waals surface area contributed by atoms with Crippen LogP contribution in [0.25, 0.3) is 0 Å². The summed E-state index contributed by atoms with van der Waals surface area (Å²) in [5.41, 5.74) is 7.63. The van der Waals surface area contributed by atoms with E-state index in [4.69, 9.17) is 5.73 Å². The van der Waals surface area contributed by atoms with Gasteiger partial charge in [-0.15, -0.1) is 0 Å². The molecule has 4 N–H and O–H groups in total. The second-order valence-corrected chi connectivity index (χ2v) is 5.01. The summed E-state index contributed by atoms with van der Waals surface area (Å²) in [5.74, 6) is -0.165. The van der Waals surface area contributed by atoms with Gasteiger partial charge in [-0.2, -0.15) is 0 Å². The number of H-pyrrole nitrogens is 1. The quantitative estimate of drug-likeness (QED) is 0.816. The molecule has 1 atom stereocenters. The van der Waals surface area contributed by atoms with E-state index in [1.807, 2.05) is 31.2 Å². The molecule has 5 heteroatoms. The lowest BCUT2D eigenvalue weighted by molar-refractivity contribution is 0.0935. The summed E-state index contributed by atoms with van der Waals surface area (Å²) in [7, 11) is 0. The van der Waals surface area contributed by atoms with Crippen molar-refractivity contribution in [2.24, 2.45) is 0 Å². The fraction of sp³-hybridized carbons (Fsp3) is 0.154. The van der Waals surface area contributed by atoms with E-state index in [0.717, 1.165) is 10.0 Å². The molecule has 0 saturated heterocycles. The molecule has 0 fully saturated rings. The Morgan fingerprint density at radius 2 is 2.06 bits per heavy atom. The van der Waals surface area contributed by atoms with Gasteiger partial charge in [-0.1, -0.05) is 28.1 Å². The predicted molar refractivity (Wildman–Crippen MR) is 75.2 cm³/mol. The third kappa shape index (κ3) is 2.92. The third-order valence-corrected chi connectivity index (χ3v) is 3.20. The first-order chi connectivity index (χ1) is 8.56. The molecular weight excluding hydrogens is 294 g/mol. The molecule has 0 bridgehead atoms. The van der Waals surface area contributed by atoms with Crippen LogP contribution in [0.2, 0.25) is 0 Å². The van der Waals surface area contributed by atoms with E-state index in [2.05, 4.69) is 26.2 Å². The van der Waals surface area contributed by atoms with Gasteiger partial charge in [-0.05, 0) is 30.7 Å². The van der Waals surface area contributed by atoms with Gasteiger partial charge in [-0.3, -0.25) is 4.79 Å². The van der Waals surface area contributed by atoms with Crippen LogP contribution in [-0.2, 0) is 0 Å². The summed E-state index contributed by atoms with van der Waals surface area (Å²) in [4.78, 5) is 14.7. The highest BCUT2D eigenvalue weighted by molar-refractivity contribution is 9.10. The van der Waals surface area contributed by atoms with Gasteiger partial charge in [0, 0.05) is 16.4 Å². The van der Waals surface area contributed by atoms with Gasteiger partial charge in [0.1, 0.15) is 5.69 Å². The van der Waals surface area contributed by atoms with Gasteiger partial charge in [-0.25, -0.2) is 0 Å². The largest absolute Gasteiger partial charge is 0.397 e. The number of amides is 1. The summed E-state index contributed by atoms with van der Waals surface area (Å²) in [6.45, 7) is 1.94. The van der Waals surface area contributed by atoms with Gasteiger partial charge < -0.3 is 16.0 Å². The van der Waals surface area contributed by atoms with Crippen molar-refractivity contribution < 1.29 is 4.79 Å². The first kappa shape index (κ1) is 12.7. The summed E-state index contributed by atoms with van der Waals surface area (Å²) in [6, 6.07) is 9.39. The van der Waals surface area contributed by atoms with E-state index in [1.54, 1.807) is 12.3 Å². The minimum Gasteiger partial charge on any atom is -0.397 e. The molecule has 18 heavy (non-hydrogen) atoms. The lowest BCUT2D eigenvalue weighted by atomic mass is 10.1. The van der Waals surface area contributed by atoms with Crippen LogP contribution in [0, 0.1) is 0 Å². The maximum Gasteiger partial charge on any atom is 0.268 e. The molecule has 0 saturated carbocycles. The van der Waals surface area contributed by atoms with E-state index in [0.29, 0.717) is 11.4 Å². The summed E-state index contributed by atoms with van der Waals surface area (Å²) < 4.78 is 1.02. The Morgan fingerprint density at radius 1 is 1.39 bits per heavy atom. The number of benzene rings is 1. The topological polar surface area (TPSA) is 70.9 Å². The van der Waals surface area contributed by atoms with E-state index in [1.165, 1.54) is 0 Å². The number of carbonyl (C=O) groups excluding carboxylic acids is 1. The molecule has 0 aliphatic carbocycles. The zero-order chi connectivity index (χ0) is 13.1. The average molecular weight is 308 g/mol. The second kappa shape index (κ2) is 5.27. The molecule has 0 aliphatic heterocycles. The minimum absolute atomic E-state index is 0.0601. The first-order valence-electron chi connectivity index (χ1n) is 5.56. The van der Waals surface area contributed by atoms with Gasteiger partial charge in [0.15, 0.2) is 0 Å². The molecule has 2 rings (SSSR count). The number of nitrogen functional groups attached to an aromatic ring is 1. The first-order valence-corrected chi connectivity index (χ1v) is 6.36. The molecular formula is C13H14BrN3O. The smallest absolute Gasteiger partial charge is 0.268 e. The van der Waals surface area contributed by atoms with Crippen LogP contribution in [-0.4, -0.2) is 10.9 Å². The van der Waals surface area contributed by atoms with Crippen LogP contribution < -0.4 is 11.1 Å². The highest BCUT2D eigenvalue weighted by atomic mass is 79.9. The Kier molecular flexibility index (Phi) is 3.72. The minimum atomic E-state index is -0.165. The highest BCUT2D eigenvalue weighted by Crippen LogP contribution is 2.17. The van der Waals surface area contributed by atoms with Crippen molar-refractivity contribution >= 4 is 27.5 Å². The maximum absolute atomic E-state index is 11.9. The number of anilines is 1. The number of aromatic nitrogens is 1. The maximum atomic E-state index is 11.9. The number of rotatable bonds is 3. The SMILES string of the molecule is CC(NC(=O)c1cc(N)c[nH]1)c1ccc(Br)cc1. The Morgan fingerprint density at radius 3 is 2.61 bits per heavy atom. The molecule has 2 aromatic rings. The summed E-state index contributed by atoms with van der Waals surface area (Å²) in [6.07, 6.45) is 1.60. The molecule has 1 aromatic carbocycles. The number of halogens is 1. The predicted octanol–water partition coefficient (Wildman–Crippen LogP) is 2.85. The Hall–Kier alpha value is -1.75. The van der Waals surface area contributed by atoms with Crippen LogP contribution in [0.1, 0.15) is 29.0 Å².